The van der Waals surface area contributed by atoms with Gasteiger partial charge in [0.15, 0.2) is 0 Å². The molecule has 0 spiro atoms. The van der Waals surface area contributed by atoms with Crippen LogP contribution in [0.2, 0.25) is 0 Å². The third-order valence-corrected chi connectivity index (χ3v) is 4.32. The second-order valence-electron chi connectivity index (χ2n) is 6.38. The van der Waals surface area contributed by atoms with Gasteiger partial charge in [-0.1, -0.05) is 24.3 Å². The minimum absolute atomic E-state index is 0.0130. The van der Waals surface area contributed by atoms with Crippen LogP contribution < -0.4 is 11.2 Å². The molecule has 1 N–H and O–H groups in total. The van der Waals surface area contributed by atoms with Crippen molar-refractivity contribution >= 4 is 5.97 Å². The predicted octanol–water partition coefficient (Wildman–Crippen LogP) is 1.85. The van der Waals surface area contributed by atoms with Crippen LogP contribution in [0.5, 0.6) is 0 Å². The molecular weight excluding hydrogens is 336 g/mol. The number of nitrogens with zero attached hydrogens (tertiary/aromatic N) is 1. The van der Waals surface area contributed by atoms with Crippen LogP contribution in [0.15, 0.2) is 52.2 Å². The van der Waals surface area contributed by atoms with Crippen LogP contribution in [0.3, 0.4) is 0 Å². The first kappa shape index (κ1) is 17.9. The highest BCUT2D eigenvalue weighted by atomic mass is 16.6. The van der Waals surface area contributed by atoms with Crippen LogP contribution in [-0.4, -0.2) is 28.2 Å². The molecule has 2 atom stereocenters. The molecule has 1 aromatic heterocycles. The lowest BCUT2D eigenvalue weighted by Gasteiger charge is -2.16. The molecule has 1 fully saturated rings. The van der Waals surface area contributed by atoms with E-state index in [0.29, 0.717) is 17.5 Å². The van der Waals surface area contributed by atoms with E-state index in [2.05, 4.69) is 11.6 Å². The van der Waals surface area contributed by atoms with E-state index >= 15 is 0 Å². The van der Waals surface area contributed by atoms with E-state index in [1.54, 1.807) is 19.1 Å². The molecule has 1 aliphatic heterocycles. The normalized spacial score (nSPS) is 19.5. The highest BCUT2D eigenvalue weighted by Gasteiger charge is 2.31. The minimum Gasteiger partial charge on any atom is -0.459 e. The summed E-state index contributed by atoms with van der Waals surface area (Å²) in [4.78, 5) is 37.8. The zero-order chi connectivity index (χ0) is 18.8. The standard InChI is InChI=1S/C19H20N2O5/c1-11-4-6-14(7-5-11)18(23)25-10-15-12(2)8-16(26-15)21-9-13(3)17(22)20-19(21)24/h4-7,9,15-16H,2,8,10H2,1,3H3,(H,20,22,24)/t15-,16+/m1/s1. The van der Waals surface area contributed by atoms with Crippen molar-refractivity contribution in [3.05, 3.63) is 80.1 Å². The van der Waals surface area contributed by atoms with Crippen LogP contribution in [0.25, 0.3) is 0 Å². The molecule has 2 heterocycles. The molecule has 0 radical (unpaired) electrons. The van der Waals surface area contributed by atoms with Gasteiger partial charge in [0.2, 0.25) is 0 Å². The molecule has 1 aromatic carbocycles. The van der Waals surface area contributed by atoms with Crippen molar-refractivity contribution in [1.82, 2.24) is 9.55 Å². The highest BCUT2D eigenvalue weighted by Crippen LogP contribution is 2.31. The maximum absolute atomic E-state index is 12.1. The van der Waals surface area contributed by atoms with Gasteiger partial charge in [-0.25, -0.2) is 9.59 Å². The number of hydrogen-bond acceptors (Lipinski definition) is 5. The number of esters is 1. The molecule has 1 saturated heterocycles. The third kappa shape index (κ3) is 3.67. The number of rotatable bonds is 4. The van der Waals surface area contributed by atoms with Gasteiger partial charge < -0.3 is 9.47 Å². The van der Waals surface area contributed by atoms with E-state index in [-0.39, 0.29) is 6.61 Å². The van der Waals surface area contributed by atoms with E-state index < -0.39 is 29.6 Å². The fraction of sp³-hybridized carbons (Fsp3) is 0.316. The molecule has 0 bridgehead atoms. The molecule has 7 heteroatoms. The second kappa shape index (κ2) is 7.13. The minimum atomic E-state index is -0.589. The van der Waals surface area contributed by atoms with Crippen LogP contribution in [0.4, 0.5) is 0 Å². The monoisotopic (exact) mass is 356 g/mol. The summed E-state index contributed by atoms with van der Waals surface area (Å²) < 4.78 is 12.4. The van der Waals surface area contributed by atoms with Gasteiger partial charge in [-0.15, -0.1) is 0 Å². The predicted molar refractivity (Wildman–Crippen MR) is 95.2 cm³/mol. The zero-order valence-electron chi connectivity index (χ0n) is 14.7. The summed E-state index contributed by atoms with van der Waals surface area (Å²) in [6, 6.07) is 7.08. The Hall–Kier alpha value is -2.93. The maximum Gasteiger partial charge on any atom is 0.338 e. The summed E-state index contributed by atoms with van der Waals surface area (Å²) >= 11 is 0. The van der Waals surface area contributed by atoms with Gasteiger partial charge in [0, 0.05) is 18.2 Å². The van der Waals surface area contributed by atoms with E-state index in [0.717, 1.165) is 11.1 Å². The first-order chi connectivity index (χ1) is 12.3. The molecule has 1 aliphatic rings. The molecule has 7 nitrogen and oxygen atoms in total. The van der Waals surface area contributed by atoms with Gasteiger partial charge in [0.05, 0.1) is 5.56 Å². The SMILES string of the molecule is C=C1C[C@@H](n2cc(C)c(=O)[nH]c2=O)O[C@@H]1COC(=O)c1ccc(C)cc1. The Labute approximate surface area is 149 Å². The summed E-state index contributed by atoms with van der Waals surface area (Å²) in [6.07, 6.45) is 0.764. The van der Waals surface area contributed by atoms with Crippen LogP contribution in [0.1, 0.15) is 34.1 Å². The van der Waals surface area contributed by atoms with Crippen LogP contribution in [0, 0.1) is 13.8 Å². The van der Waals surface area contributed by atoms with E-state index in [1.165, 1.54) is 10.8 Å². The number of nitrogens with one attached hydrogen (secondary N) is 1. The lowest BCUT2D eigenvalue weighted by Crippen LogP contribution is -2.33. The molecular formula is C19H20N2O5. The number of aromatic amines is 1. The smallest absolute Gasteiger partial charge is 0.338 e. The number of aromatic nitrogens is 2. The van der Waals surface area contributed by atoms with Crippen LogP contribution >= 0.6 is 0 Å². The summed E-state index contributed by atoms with van der Waals surface area (Å²) in [5.74, 6) is -0.443. The third-order valence-electron chi connectivity index (χ3n) is 4.32. The number of hydrogen-bond donors (Lipinski definition) is 1. The highest BCUT2D eigenvalue weighted by molar-refractivity contribution is 5.89. The Kier molecular flexibility index (Phi) is 4.90. The number of benzene rings is 1. The van der Waals surface area contributed by atoms with Gasteiger partial charge in [-0.05, 0) is 31.6 Å². The molecule has 0 unspecified atom stereocenters. The quantitative estimate of drug-likeness (QED) is 0.667. The van der Waals surface area contributed by atoms with Gasteiger partial charge in [-0.2, -0.15) is 0 Å². The molecule has 136 valence electrons. The molecule has 0 saturated carbocycles. The average molecular weight is 356 g/mol. The largest absolute Gasteiger partial charge is 0.459 e. The maximum atomic E-state index is 12.1. The topological polar surface area (TPSA) is 90.4 Å². The number of carbonyl (C=O) groups is 1. The Morgan fingerprint density at radius 3 is 2.69 bits per heavy atom. The Bertz CT molecular complexity index is 955. The summed E-state index contributed by atoms with van der Waals surface area (Å²) in [7, 11) is 0. The number of aryl methyl sites for hydroxylation is 2. The Morgan fingerprint density at radius 1 is 1.31 bits per heavy atom. The molecule has 2 aromatic rings. The van der Waals surface area contributed by atoms with Crippen molar-refractivity contribution in [2.45, 2.75) is 32.6 Å². The summed E-state index contributed by atoms with van der Waals surface area (Å²) in [6.45, 7) is 7.50. The summed E-state index contributed by atoms with van der Waals surface area (Å²) in [5.41, 5.74) is 1.68. The van der Waals surface area contributed by atoms with Crippen molar-refractivity contribution in [1.29, 1.82) is 0 Å². The van der Waals surface area contributed by atoms with Crippen molar-refractivity contribution in [3.8, 4) is 0 Å². The van der Waals surface area contributed by atoms with Gasteiger partial charge in [0.25, 0.3) is 5.56 Å². The summed E-state index contributed by atoms with van der Waals surface area (Å²) in [5, 5.41) is 0. The fourth-order valence-corrected chi connectivity index (χ4v) is 2.74. The van der Waals surface area contributed by atoms with E-state index in [1.807, 2.05) is 19.1 Å². The number of carbonyl (C=O) groups excluding carboxylic acids is 1. The molecule has 0 aliphatic carbocycles. The Morgan fingerprint density at radius 2 is 2.00 bits per heavy atom. The number of H-pyrrole nitrogens is 1. The van der Waals surface area contributed by atoms with Crippen molar-refractivity contribution in [3.63, 3.8) is 0 Å². The first-order valence-corrected chi connectivity index (χ1v) is 8.24. The average Bonchev–Trinajstić information content (AvgIpc) is 2.97. The van der Waals surface area contributed by atoms with Crippen LogP contribution in [-0.2, 0) is 9.47 Å². The van der Waals surface area contributed by atoms with Gasteiger partial charge in [0.1, 0.15) is 18.9 Å². The fourth-order valence-electron chi connectivity index (χ4n) is 2.74. The Balaban J connectivity index is 1.66. The molecule has 26 heavy (non-hydrogen) atoms. The van der Waals surface area contributed by atoms with Gasteiger partial charge in [-0.3, -0.25) is 14.3 Å². The van der Waals surface area contributed by atoms with E-state index in [9.17, 15) is 14.4 Å². The molecule has 0 amide bonds. The molecule has 3 rings (SSSR count). The van der Waals surface area contributed by atoms with Crippen molar-refractivity contribution < 1.29 is 14.3 Å². The lowest BCUT2D eigenvalue weighted by atomic mass is 10.1. The second-order valence-corrected chi connectivity index (χ2v) is 6.38. The van der Waals surface area contributed by atoms with Gasteiger partial charge >= 0.3 is 11.7 Å². The lowest BCUT2D eigenvalue weighted by molar-refractivity contribution is -0.0286. The van der Waals surface area contributed by atoms with Crippen molar-refractivity contribution in [2.24, 2.45) is 0 Å². The zero-order valence-corrected chi connectivity index (χ0v) is 14.7. The first-order valence-electron chi connectivity index (χ1n) is 8.24. The van der Waals surface area contributed by atoms with Crippen molar-refractivity contribution in [2.75, 3.05) is 6.61 Å². The van der Waals surface area contributed by atoms with E-state index in [4.69, 9.17) is 9.47 Å². The number of ether oxygens (including phenoxy) is 2.